The molecule has 0 aliphatic carbocycles. The van der Waals surface area contributed by atoms with E-state index in [9.17, 15) is 9.90 Å². The molecule has 1 N–H and O–H groups in total. The Kier molecular flexibility index (Phi) is 4.57. The van der Waals surface area contributed by atoms with E-state index < -0.39 is 0 Å². The van der Waals surface area contributed by atoms with Crippen molar-refractivity contribution in [2.24, 2.45) is 0 Å². The quantitative estimate of drug-likeness (QED) is 0.811. The first-order valence-electron chi connectivity index (χ1n) is 5.32. The Bertz CT molecular complexity index is 427. The maximum Gasteiger partial charge on any atom is 0.246 e. The van der Waals surface area contributed by atoms with Crippen LogP contribution in [0.2, 0.25) is 0 Å². The van der Waals surface area contributed by atoms with E-state index in [4.69, 9.17) is 4.74 Å². The number of nitrogens with zero attached hydrogens (tertiary/aromatic N) is 1. The van der Waals surface area contributed by atoms with Crippen LogP contribution < -0.4 is 4.74 Å². The Morgan fingerprint density at radius 3 is 2.82 bits per heavy atom. The Labute approximate surface area is 101 Å². The zero-order valence-corrected chi connectivity index (χ0v) is 10.3. The van der Waals surface area contributed by atoms with Gasteiger partial charge in [0.05, 0.1) is 7.11 Å². The highest BCUT2D eigenvalue weighted by Crippen LogP contribution is 2.26. The number of carbonyl (C=O) groups is 1. The molecule has 4 heteroatoms. The van der Waals surface area contributed by atoms with E-state index in [1.807, 2.05) is 0 Å². The molecule has 0 spiro atoms. The SMILES string of the molecule is CC=CC(=O)N(C)Cc1ccc(O)c(OC)c1. The van der Waals surface area contributed by atoms with Gasteiger partial charge < -0.3 is 14.7 Å². The fraction of sp³-hybridized carbons (Fsp3) is 0.308. The van der Waals surface area contributed by atoms with Gasteiger partial charge >= 0.3 is 0 Å². The van der Waals surface area contributed by atoms with Crippen molar-refractivity contribution in [2.45, 2.75) is 13.5 Å². The molecule has 0 unspecified atom stereocenters. The average Bonchev–Trinajstić information content (AvgIpc) is 2.31. The Morgan fingerprint density at radius 1 is 1.53 bits per heavy atom. The zero-order valence-electron chi connectivity index (χ0n) is 10.3. The number of benzene rings is 1. The number of hydrogen-bond donors (Lipinski definition) is 1. The van der Waals surface area contributed by atoms with Crippen LogP contribution in [0.5, 0.6) is 11.5 Å². The summed E-state index contributed by atoms with van der Waals surface area (Å²) in [6.07, 6.45) is 3.22. The molecule has 0 saturated heterocycles. The first-order chi connectivity index (χ1) is 8.08. The van der Waals surface area contributed by atoms with E-state index in [1.165, 1.54) is 13.2 Å². The first kappa shape index (κ1) is 13.1. The van der Waals surface area contributed by atoms with Gasteiger partial charge in [-0.3, -0.25) is 4.79 Å². The van der Waals surface area contributed by atoms with E-state index in [-0.39, 0.29) is 11.7 Å². The minimum Gasteiger partial charge on any atom is -0.504 e. The van der Waals surface area contributed by atoms with Crippen molar-refractivity contribution in [1.82, 2.24) is 4.90 Å². The van der Waals surface area contributed by atoms with Crippen LogP contribution in [0.25, 0.3) is 0 Å². The van der Waals surface area contributed by atoms with Gasteiger partial charge in [-0.15, -0.1) is 0 Å². The van der Waals surface area contributed by atoms with Crippen LogP contribution in [0.1, 0.15) is 12.5 Å². The molecule has 0 aliphatic rings. The van der Waals surface area contributed by atoms with Crippen LogP contribution in [0.15, 0.2) is 30.4 Å². The minimum atomic E-state index is -0.0560. The van der Waals surface area contributed by atoms with Gasteiger partial charge in [0.25, 0.3) is 0 Å². The number of amides is 1. The second-order valence-electron chi connectivity index (χ2n) is 3.70. The fourth-order valence-corrected chi connectivity index (χ4v) is 1.44. The van der Waals surface area contributed by atoms with Crippen LogP contribution in [-0.4, -0.2) is 30.1 Å². The third-order valence-electron chi connectivity index (χ3n) is 2.35. The van der Waals surface area contributed by atoms with E-state index >= 15 is 0 Å². The Hall–Kier alpha value is -1.97. The van der Waals surface area contributed by atoms with Crippen molar-refractivity contribution >= 4 is 5.91 Å². The third-order valence-corrected chi connectivity index (χ3v) is 2.35. The van der Waals surface area contributed by atoms with Crippen LogP contribution in [0.3, 0.4) is 0 Å². The lowest BCUT2D eigenvalue weighted by molar-refractivity contribution is -0.125. The van der Waals surface area contributed by atoms with Gasteiger partial charge in [0.1, 0.15) is 0 Å². The lowest BCUT2D eigenvalue weighted by atomic mass is 10.2. The molecule has 4 nitrogen and oxygen atoms in total. The van der Waals surface area contributed by atoms with Crippen molar-refractivity contribution in [3.05, 3.63) is 35.9 Å². The van der Waals surface area contributed by atoms with Crippen molar-refractivity contribution in [1.29, 1.82) is 0 Å². The summed E-state index contributed by atoms with van der Waals surface area (Å²) in [5.74, 6) is 0.451. The molecule has 92 valence electrons. The van der Waals surface area contributed by atoms with Crippen molar-refractivity contribution in [3.63, 3.8) is 0 Å². The molecule has 0 heterocycles. The number of phenols is 1. The van der Waals surface area contributed by atoms with Gasteiger partial charge in [-0.25, -0.2) is 0 Å². The number of rotatable bonds is 4. The highest BCUT2D eigenvalue weighted by Gasteiger charge is 2.08. The summed E-state index contributed by atoms with van der Waals surface area (Å²) >= 11 is 0. The van der Waals surface area contributed by atoms with Crippen LogP contribution in [0, 0.1) is 0 Å². The standard InChI is InChI=1S/C13H17NO3/c1-4-5-13(16)14(2)9-10-6-7-11(15)12(8-10)17-3/h4-8,15H,9H2,1-3H3. The number of phenolic OH excluding ortho intramolecular Hbond substituents is 1. The maximum atomic E-state index is 11.5. The highest BCUT2D eigenvalue weighted by molar-refractivity contribution is 5.87. The smallest absolute Gasteiger partial charge is 0.246 e. The topological polar surface area (TPSA) is 49.8 Å². The molecule has 1 aromatic carbocycles. The fourth-order valence-electron chi connectivity index (χ4n) is 1.44. The Balaban J connectivity index is 2.78. The summed E-state index contributed by atoms with van der Waals surface area (Å²) in [4.78, 5) is 13.1. The van der Waals surface area contributed by atoms with Crippen molar-refractivity contribution < 1.29 is 14.6 Å². The van der Waals surface area contributed by atoms with Gasteiger partial charge in [-0.2, -0.15) is 0 Å². The number of hydrogen-bond acceptors (Lipinski definition) is 3. The predicted molar refractivity (Wildman–Crippen MR) is 65.9 cm³/mol. The summed E-state index contributed by atoms with van der Waals surface area (Å²) in [7, 11) is 3.22. The van der Waals surface area contributed by atoms with Gasteiger partial charge in [0.15, 0.2) is 11.5 Å². The Morgan fingerprint density at radius 2 is 2.24 bits per heavy atom. The largest absolute Gasteiger partial charge is 0.504 e. The molecule has 0 radical (unpaired) electrons. The molecule has 0 bridgehead atoms. The number of carbonyl (C=O) groups excluding carboxylic acids is 1. The molecule has 0 saturated carbocycles. The number of aromatic hydroxyl groups is 1. The lowest BCUT2D eigenvalue weighted by Gasteiger charge is -2.15. The molecule has 17 heavy (non-hydrogen) atoms. The third kappa shape index (κ3) is 3.52. The predicted octanol–water partition coefficient (Wildman–Crippen LogP) is 1.94. The second kappa shape index (κ2) is 5.94. The first-order valence-corrected chi connectivity index (χ1v) is 5.32. The van der Waals surface area contributed by atoms with Crippen LogP contribution in [0.4, 0.5) is 0 Å². The molecule has 1 amide bonds. The molecule has 1 aromatic rings. The molecular weight excluding hydrogens is 218 g/mol. The molecule has 0 atom stereocenters. The zero-order chi connectivity index (χ0) is 12.8. The van der Waals surface area contributed by atoms with Gasteiger partial charge in [0.2, 0.25) is 5.91 Å². The van der Waals surface area contributed by atoms with Crippen molar-refractivity contribution in [2.75, 3.05) is 14.2 Å². The van der Waals surface area contributed by atoms with Gasteiger partial charge in [-0.1, -0.05) is 12.1 Å². The summed E-state index contributed by atoms with van der Waals surface area (Å²) in [5.41, 5.74) is 0.903. The monoisotopic (exact) mass is 235 g/mol. The summed E-state index contributed by atoms with van der Waals surface area (Å²) in [5, 5.41) is 9.45. The van der Waals surface area contributed by atoms with E-state index in [0.29, 0.717) is 12.3 Å². The highest BCUT2D eigenvalue weighted by atomic mass is 16.5. The molecular formula is C13H17NO3. The van der Waals surface area contributed by atoms with E-state index in [2.05, 4.69) is 0 Å². The number of methoxy groups -OCH3 is 1. The van der Waals surface area contributed by atoms with E-state index in [0.717, 1.165) is 5.56 Å². The van der Waals surface area contributed by atoms with Crippen LogP contribution >= 0.6 is 0 Å². The number of ether oxygens (including phenoxy) is 1. The van der Waals surface area contributed by atoms with Crippen LogP contribution in [-0.2, 0) is 11.3 Å². The number of allylic oxidation sites excluding steroid dienone is 1. The summed E-state index contributed by atoms with van der Waals surface area (Å²) in [6, 6.07) is 5.04. The normalized spacial score (nSPS) is 10.5. The van der Waals surface area contributed by atoms with E-state index in [1.54, 1.807) is 43.1 Å². The number of likely N-dealkylation sites (N-methyl/N-ethyl adjacent to an activating group) is 1. The maximum absolute atomic E-state index is 11.5. The minimum absolute atomic E-state index is 0.0560. The van der Waals surface area contributed by atoms with Crippen molar-refractivity contribution in [3.8, 4) is 11.5 Å². The average molecular weight is 235 g/mol. The molecule has 1 rings (SSSR count). The lowest BCUT2D eigenvalue weighted by Crippen LogP contribution is -2.24. The van der Waals surface area contributed by atoms with Gasteiger partial charge in [-0.05, 0) is 30.7 Å². The summed E-state index contributed by atoms with van der Waals surface area (Å²) < 4.78 is 5.01. The molecule has 0 fully saturated rings. The molecule has 0 aromatic heterocycles. The van der Waals surface area contributed by atoms with Gasteiger partial charge in [0, 0.05) is 13.6 Å². The second-order valence-corrected chi connectivity index (χ2v) is 3.70. The summed E-state index contributed by atoms with van der Waals surface area (Å²) in [6.45, 7) is 2.27. The molecule has 0 aliphatic heterocycles.